The minimum Gasteiger partial charge on any atom is -1.00 e. The summed E-state index contributed by atoms with van der Waals surface area (Å²) in [7, 11) is 4.54. The maximum atomic E-state index is 2.74. The van der Waals surface area contributed by atoms with Gasteiger partial charge in [0.05, 0.1) is 40.3 Å². The molecule has 0 N–H and O–H groups in total. The third-order valence-corrected chi connectivity index (χ3v) is 6.09. The van der Waals surface area contributed by atoms with Gasteiger partial charge >= 0.3 is 5.96 Å². The quantitative estimate of drug-likeness (QED) is 0.114. The molecule has 0 unspecified atom stereocenters. The fourth-order valence-electron chi connectivity index (χ4n) is 4.31. The Morgan fingerprint density at radius 3 is 0.903 bits per heavy atom. The standard InChI is InChI=1S/C27H58N3.ClH/c1-7-11-15-19-23-29(24-20-16-12-8-2)27(28(5)6)30(25-21-17-13-9-3)26-22-18-14-10-4;/h7-26H2,1-6H3;1H/q+1;/p-1. The largest absolute Gasteiger partial charge is 1.00 e. The van der Waals surface area contributed by atoms with Gasteiger partial charge in [0.2, 0.25) is 0 Å². The van der Waals surface area contributed by atoms with Crippen LogP contribution in [0.15, 0.2) is 0 Å². The van der Waals surface area contributed by atoms with Crippen molar-refractivity contribution in [1.29, 1.82) is 0 Å². The van der Waals surface area contributed by atoms with Gasteiger partial charge in [-0.2, -0.15) is 0 Å². The monoisotopic (exact) mass is 459 g/mol. The summed E-state index contributed by atoms with van der Waals surface area (Å²) in [5, 5.41) is 0. The van der Waals surface area contributed by atoms with Crippen molar-refractivity contribution in [2.24, 2.45) is 0 Å². The van der Waals surface area contributed by atoms with E-state index in [4.69, 9.17) is 0 Å². The van der Waals surface area contributed by atoms with Crippen LogP contribution in [0, 0.1) is 0 Å². The highest BCUT2D eigenvalue weighted by Gasteiger charge is 2.26. The second kappa shape index (κ2) is 24.2. The topological polar surface area (TPSA) is 9.49 Å². The normalized spacial score (nSPS) is 10.6. The third kappa shape index (κ3) is 17.8. The average molecular weight is 460 g/mol. The molecule has 31 heavy (non-hydrogen) atoms. The zero-order chi connectivity index (χ0) is 22.5. The minimum absolute atomic E-state index is 0. The number of unbranched alkanes of at least 4 members (excludes halogenated alkanes) is 12. The van der Waals surface area contributed by atoms with Crippen molar-refractivity contribution in [1.82, 2.24) is 9.80 Å². The van der Waals surface area contributed by atoms with Gasteiger partial charge in [0.15, 0.2) is 0 Å². The fourth-order valence-corrected chi connectivity index (χ4v) is 4.31. The summed E-state index contributed by atoms with van der Waals surface area (Å²) in [5.74, 6) is 1.50. The molecule has 0 bridgehead atoms. The second-order valence-electron chi connectivity index (χ2n) is 9.41. The van der Waals surface area contributed by atoms with Gasteiger partial charge in [0.25, 0.3) is 0 Å². The molecule has 0 rings (SSSR count). The van der Waals surface area contributed by atoms with Crippen molar-refractivity contribution in [3.8, 4) is 0 Å². The Morgan fingerprint density at radius 1 is 0.452 bits per heavy atom. The van der Waals surface area contributed by atoms with Gasteiger partial charge in [-0.25, -0.2) is 0 Å². The zero-order valence-corrected chi connectivity index (χ0v) is 23.1. The smallest absolute Gasteiger partial charge is 0.350 e. The van der Waals surface area contributed by atoms with Crippen LogP contribution in [0.5, 0.6) is 0 Å². The lowest BCUT2D eigenvalue weighted by atomic mass is 10.1. The summed E-state index contributed by atoms with van der Waals surface area (Å²) in [5.41, 5.74) is 0. The van der Waals surface area contributed by atoms with Crippen molar-refractivity contribution >= 4 is 5.96 Å². The molecule has 0 aliphatic heterocycles. The molecule has 0 heterocycles. The number of halogens is 1. The van der Waals surface area contributed by atoms with Crippen LogP contribution in [0.25, 0.3) is 0 Å². The van der Waals surface area contributed by atoms with E-state index >= 15 is 0 Å². The summed E-state index contributed by atoms with van der Waals surface area (Å²) in [6.07, 6.45) is 21.6. The first-order chi connectivity index (χ1) is 14.6. The summed E-state index contributed by atoms with van der Waals surface area (Å²) < 4.78 is 2.42. The minimum atomic E-state index is 0. The third-order valence-electron chi connectivity index (χ3n) is 6.09. The predicted octanol–water partition coefficient (Wildman–Crippen LogP) is 4.54. The molecule has 0 aromatic carbocycles. The van der Waals surface area contributed by atoms with Crippen LogP contribution in [0.2, 0.25) is 0 Å². The fraction of sp³-hybridized carbons (Fsp3) is 0.963. The van der Waals surface area contributed by atoms with Crippen LogP contribution < -0.4 is 12.4 Å². The average Bonchev–Trinajstić information content (AvgIpc) is 2.73. The first-order valence-corrected chi connectivity index (χ1v) is 13.7. The lowest BCUT2D eigenvalue weighted by Gasteiger charge is -2.30. The van der Waals surface area contributed by atoms with E-state index in [1.165, 1.54) is 135 Å². The van der Waals surface area contributed by atoms with E-state index < -0.39 is 0 Å². The molecule has 0 atom stereocenters. The van der Waals surface area contributed by atoms with Crippen molar-refractivity contribution in [3.63, 3.8) is 0 Å². The first-order valence-electron chi connectivity index (χ1n) is 13.7. The molecule has 0 aromatic rings. The molecule has 0 amide bonds. The SMILES string of the molecule is CCCCCCN(CCCCCC)C(N(CCCCCC)CCCCCC)=[N+](C)C.[Cl-]. The zero-order valence-electron chi connectivity index (χ0n) is 22.4. The molecule has 0 spiro atoms. The van der Waals surface area contributed by atoms with Gasteiger partial charge in [-0.3, -0.25) is 14.4 Å². The summed E-state index contributed by atoms with van der Waals surface area (Å²) in [4.78, 5) is 5.48. The van der Waals surface area contributed by atoms with E-state index in [1.807, 2.05) is 0 Å². The molecule has 0 saturated heterocycles. The second-order valence-corrected chi connectivity index (χ2v) is 9.41. The van der Waals surface area contributed by atoms with E-state index in [1.54, 1.807) is 0 Å². The van der Waals surface area contributed by atoms with Gasteiger partial charge < -0.3 is 12.4 Å². The molecule has 0 aromatic heterocycles. The van der Waals surface area contributed by atoms with Crippen molar-refractivity contribution in [2.45, 2.75) is 130 Å². The van der Waals surface area contributed by atoms with E-state index in [2.05, 4.69) is 56.2 Å². The molecule has 188 valence electrons. The Bertz CT molecular complexity index is 340. The van der Waals surface area contributed by atoms with Gasteiger partial charge in [-0.15, -0.1) is 0 Å². The molecule has 4 heteroatoms. The maximum Gasteiger partial charge on any atom is 0.350 e. The lowest BCUT2D eigenvalue weighted by molar-refractivity contribution is -0.476. The summed E-state index contributed by atoms with van der Waals surface area (Å²) in [6, 6.07) is 0. The van der Waals surface area contributed by atoms with E-state index in [9.17, 15) is 0 Å². The van der Waals surface area contributed by atoms with Gasteiger partial charge in [0, 0.05) is 0 Å². The number of hydrogen-bond donors (Lipinski definition) is 0. The molecule has 3 nitrogen and oxygen atoms in total. The summed E-state index contributed by atoms with van der Waals surface area (Å²) in [6.45, 7) is 14.1. The Balaban J connectivity index is 0. The highest BCUT2D eigenvalue weighted by atomic mass is 35.5. The van der Waals surface area contributed by atoms with Crippen molar-refractivity contribution in [3.05, 3.63) is 0 Å². The molecular weight excluding hydrogens is 402 g/mol. The number of rotatable bonds is 20. The van der Waals surface area contributed by atoms with Gasteiger partial charge in [-0.05, 0) is 25.7 Å². The number of guanidine groups is 1. The lowest BCUT2D eigenvalue weighted by Crippen LogP contribution is -3.00. The van der Waals surface area contributed by atoms with Crippen molar-refractivity contribution in [2.75, 3.05) is 40.3 Å². The van der Waals surface area contributed by atoms with Crippen LogP contribution in [0.3, 0.4) is 0 Å². The molecule has 0 saturated carbocycles. The van der Waals surface area contributed by atoms with Crippen molar-refractivity contribution < 1.29 is 17.0 Å². The van der Waals surface area contributed by atoms with Crippen LogP contribution in [0.1, 0.15) is 130 Å². The maximum absolute atomic E-state index is 2.74. The first kappa shape index (κ1) is 32.7. The predicted molar refractivity (Wildman–Crippen MR) is 137 cm³/mol. The van der Waals surface area contributed by atoms with Gasteiger partial charge in [0.1, 0.15) is 0 Å². The van der Waals surface area contributed by atoms with Crippen LogP contribution in [-0.2, 0) is 0 Å². The Hall–Kier alpha value is -0.440. The van der Waals surface area contributed by atoms with Crippen LogP contribution in [0.4, 0.5) is 0 Å². The molecular formula is C27H58ClN3. The highest BCUT2D eigenvalue weighted by Crippen LogP contribution is 2.12. The highest BCUT2D eigenvalue weighted by molar-refractivity contribution is 5.75. The van der Waals surface area contributed by atoms with E-state index in [-0.39, 0.29) is 12.4 Å². The Kier molecular flexibility index (Phi) is 25.6. The Labute approximate surface area is 203 Å². The molecule has 0 radical (unpaired) electrons. The van der Waals surface area contributed by atoms with Crippen LogP contribution >= 0.6 is 0 Å². The molecule has 0 fully saturated rings. The van der Waals surface area contributed by atoms with Crippen LogP contribution in [-0.4, -0.2) is 60.6 Å². The summed E-state index contributed by atoms with van der Waals surface area (Å²) >= 11 is 0. The van der Waals surface area contributed by atoms with E-state index in [0.717, 1.165) is 0 Å². The molecule has 0 aliphatic carbocycles. The molecule has 0 aliphatic rings. The number of hydrogen-bond acceptors (Lipinski definition) is 0. The van der Waals surface area contributed by atoms with Gasteiger partial charge in [-0.1, -0.05) is 105 Å². The van der Waals surface area contributed by atoms with E-state index in [0.29, 0.717) is 0 Å². The Morgan fingerprint density at radius 2 is 0.710 bits per heavy atom. The number of nitrogens with zero attached hydrogens (tertiary/aromatic N) is 3.